The first kappa shape index (κ1) is 12.5. The topological polar surface area (TPSA) is 45.2 Å². The lowest BCUT2D eigenvalue weighted by Crippen LogP contribution is -2.00. The number of nitrogens with one attached hydrogen (secondary N) is 1. The van der Waals surface area contributed by atoms with E-state index in [-0.39, 0.29) is 0 Å². The summed E-state index contributed by atoms with van der Waals surface area (Å²) >= 11 is 0. The average Bonchev–Trinajstić information content (AvgIpc) is 2.48. The van der Waals surface area contributed by atoms with E-state index in [1.54, 1.807) is 6.07 Å². The molecular weight excluding hydrogens is 248 g/mol. The Kier molecular flexibility index (Phi) is 3.25. The maximum Gasteiger partial charge on any atom is 0.120 e. The van der Waals surface area contributed by atoms with E-state index in [4.69, 9.17) is 0 Å². The van der Waals surface area contributed by atoms with Crippen molar-refractivity contribution in [2.75, 3.05) is 5.32 Å². The minimum absolute atomic E-state index is 0.314. The maximum atomic E-state index is 9.72. The minimum Gasteiger partial charge on any atom is -0.508 e. The fraction of sp³-hybridized carbons (Fsp3) is 0.118. The van der Waals surface area contributed by atoms with Gasteiger partial charge < -0.3 is 10.4 Å². The molecule has 0 spiro atoms. The molecule has 1 aromatic heterocycles. The molecule has 0 aliphatic carbocycles. The summed E-state index contributed by atoms with van der Waals surface area (Å²) in [5.41, 5.74) is 3.98. The van der Waals surface area contributed by atoms with E-state index < -0.39 is 0 Å². The minimum atomic E-state index is 0.314. The monoisotopic (exact) mass is 264 g/mol. The number of fused-ring (bicyclic) bond motifs is 1. The lowest BCUT2D eigenvalue weighted by atomic mass is 10.1. The zero-order valence-corrected chi connectivity index (χ0v) is 11.3. The van der Waals surface area contributed by atoms with Gasteiger partial charge in [-0.05, 0) is 36.2 Å². The summed E-state index contributed by atoms with van der Waals surface area (Å²) in [6.07, 6.45) is 1.83. The van der Waals surface area contributed by atoms with Crippen LogP contribution in [0.1, 0.15) is 11.1 Å². The molecule has 0 atom stereocenters. The molecule has 2 N–H and O–H groups in total. The van der Waals surface area contributed by atoms with Gasteiger partial charge in [-0.3, -0.25) is 4.98 Å². The third kappa shape index (κ3) is 2.43. The number of aromatic nitrogens is 1. The van der Waals surface area contributed by atoms with Crippen LogP contribution in [-0.4, -0.2) is 10.1 Å². The van der Waals surface area contributed by atoms with E-state index in [2.05, 4.69) is 16.4 Å². The van der Waals surface area contributed by atoms with Crippen LogP contribution in [0.3, 0.4) is 0 Å². The van der Waals surface area contributed by atoms with E-state index in [1.807, 2.05) is 49.5 Å². The van der Waals surface area contributed by atoms with Gasteiger partial charge in [0.25, 0.3) is 0 Å². The van der Waals surface area contributed by atoms with Gasteiger partial charge in [-0.2, -0.15) is 0 Å². The second-order valence-corrected chi connectivity index (χ2v) is 4.84. The van der Waals surface area contributed by atoms with Crippen molar-refractivity contribution in [3.05, 3.63) is 65.9 Å². The van der Waals surface area contributed by atoms with Gasteiger partial charge in [0.05, 0.1) is 5.52 Å². The van der Waals surface area contributed by atoms with Gasteiger partial charge in [0.1, 0.15) is 5.75 Å². The fourth-order valence-electron chi connectivity index (χ4n) is 2.23. The Balaban J connectivity index is 1.85. The van der Waals surface area contributed by atoms with Crippen LogP contribution in [0.15, 0.2) is 54.7 Å². The average molecular weight is 264 g/mol. The molecule has 20 heavy (non-hydrogen) atoms. The predicted molar refractivity (Wildman–Crippen MR) is 81.9 cm³/mol. The normalized spacial score (nSPS) is 10.7. The molecule has 3 heteroatoms. The molecule has 1 heterocycles. The summed E-state index contributed by atoms with van der Waals surface area (Å²) in [7, 11) is 0. The number of aryl methyl sites for hydroxylation is 1. The number of aromatic hydroxyl groups is 1. The Labute approximate surface area is 117 Å². The van der Waals surface area contributed by atoms with Crippen LogP contribution in [0.5, 0.6) is 5.75 Å². The third-order valence-corrected chi connectivity index (χ3v) is 3.43. The number of anilines is 1. The number of hydrogen-bond donors (Lipinski definition) is 2. The van der Waals surface area contributed by atoms with Crippen molar-refractivity contribution >= 4 is 16.6 Å². The molecule has 3 nitrogen and oxygen atoms in total. The van der Waals surface area contributed by atoms with Gasteiger partial charge in [0, 0.05) is 29.9 Å². The van der Waals surface area contributed by atoms with Crippen molar-refractivity contribution < 1.29 is 5.11 Å². The Morgan fingerprint density at radius 3 is 2.80 bits per heavy atom. The number of para-hydroxylation sites is 1. The van der Waals surface area contributed by atoms with Gasteiger partial charge in [-0.1, -0.05) is 24.3 Å². The Morgan fingerprint density at radius 2 is 1.95 bits per heavy atom. The molecule has 0 saturated heterocycles. The van der Waals surface area contributed by atoms with Gasteiger partial charge in [-0.15, -0.1) is 0 Å². The molecule has 3 aromatic rings. The molecule has 0 radical (unpaired) electrons. The summed E-state index contributed by atoms with van der Waals surface area (Å²) in [5, 5.41) is 14.2. The molecule has 0 fully saturated rings. The number of phenols is 1. The number of pyridine rings is 1. The summed E-state index contributed by atoms with van der Waals surface area (Å²) in [6, 6.07) is 15.7. The van der Waals surface area contributed by atoms with Crippen LogP contribution in [0.2, 0.25) is 0 Å². The standard InChI is InChI=1S/C17H16N2O/c1-12-6-7-14(10-17(12)20)19-11-13-8-9-18-16-5-3-2-4-15(13)16/h2-10,19-20H,11H2,1H3. The van der Waals surface area contributed by atoms with Crippen LogP contribution in [0, 0.1) is 6.92 Å². The molecule has 0 aliphatic heterocycles. The largest absolute Gasteiger partial charge is 0.508 e. The number of phenolic OH excluding ortho intramolecular Hbond substituents is 1. The van der Waals surface area contributed by atoms with Gasteiger partial charge >= 0.3 is 0 Å². The SMILES string of the molecule is Cc1ccc(NCc2ccnc3ccccc23)cc1O. The second kappa shape index (κ2) is 5.21. The van der Waals surface area contributed by atoms with Gasteiger partial charge in [0.2, 0.25) is 0 Å². The molecule has 0 amide bonds. The highest BCUT2D eigenvalue weighted by atomic mass is 16.3. The lowest BCUT2D eigenvalue weighted by Gasteiger charge is -2.10. The predicted octanol–water partition coefficient (Wildman–Crippen LogP) is 3.86. The molecule has 3 rings (SSSR count). The van der Waals surface area contributed by atoms with Crippen LogP contribution in [0.25, 0.3) is 10.9 Å². The summed E-state index contributed by atoms with van der Waals surface area (Å²) in [6.45, 7) is 2.58. The third-order valence-electron chi connectivity index (χ3n) is 3.43. The van der Waals surface area contributed by atoms with Gasteiger partial charge in [-0.25, -0.2) is 0 Å². The molecular formula is C17H16N2O. The van der Waals surface area contributed by atoms with Gasteiger partial charge in [0.15, 0.2) is 0 Å². The van der Waals surface area contributed by atoms with E-state index in [9.17, 15) is 5.11 Å². The molecule has 0 saturated carbocycles. The van der Waals surface area contributed by atoms with Crippen LogP contribution in [0.4, 0.5) is 5.69 Å². The quantitative estimate of drug-likeness (QED) is 0.755. The molecule has 100 valence electrons. The summed E-state index contributed by atoms with van der Waals surface area (Å²) < 4.78 is 0. The Bertz CT molecular complexity index is 748. The van der Waals surface area contributed by atoms with Crippen molar-refractivity contribution in [3.63, 3.8) is 0 Å². The molecule has 0 bridgehead atoms. The van der Waals surface area contributed by atoms with Crippen LogP contribution < -0.4 is 5.32 Å². The first-order valence-electron chi connectivity index (χ1n) is 6.60. The zero-order chi connectivity index (χ0) is 13.9. The number of benzene rings is 2. The molecule has 0 unspecified atom stereocenters. The van der Waals surface area contributed by atoms with Crippen molar-refractivity contribution in [1.29, 1.82) is 0 Å². The van der Waals surface area contributed by atoms with Crippen LogP contribution in [-0.2, 0) is 6.54 Å². The highest BCUT2D eigenvalue weighted by molar-refractivity contribution is 5.82. The first-order chi connectivity index (χ1) is 9.74. The van der Waals surface area contributed by atoms with Crippen molar-refractivity contribution in [3.8, 4) is 5.75 Å². The lowest BCUT2D eigenvalue weighted by molar-refractivity contribution is 0.471. The van der Waals surface area contributed by atoms with Crippen molar-refractivity contribution in [2.24, 2.45) is 0 Å². The molecule has 2 aromatic carbocycles. The molecule has 0 aliphatic rings. The highest BCUT2D eigenvalue weighted by Crippen LogP contribution is 2.22. The Hall–Kier alpha value is -2.55. The number of rotatable bonds is 3. The Morgan fingerprint density at radius 1 is 1.10 bits per heavy atom. The smallest absolute Gasteiger partial charge is 0.120 e. The van der Waals surface area contributed by atoms with E-state index in [0.29, 0.717) is 12.3 Å². The number of nitrogens with zero attached hydrogens (tertiary/aromatic N) is 1. The van der Waals surface area contributed by atoms with Crippen LogP contribution >= 0.6 is 0 Å². The van der Waals surface area contributed by atoms with Crippen molar-refractivity contribution in [1.82, 2.24) is 4.98 Å². The zero-order valence-electron chi connectivity index (χ0n) is 11.3. The first-order valence-corrected chi connectivity index (χ1v) is 6.60. The van der Waals surface area contributed by atoms with E-state index in [1.165, 1.54) is 5.56 Å². The van der Waals surface area contributed by atoms with E-state index in [0.717, 1.165) is 22.2 Å². The number of hydrogen-bond acceptors (Lipinski definition) is 3. The maximum absolute atomic E-state index is 9.72. The summed E-state index contributed by atoms with van der Waals surface area (Å²) in [5.74, 6) is 0.314. The van der Waals surface area contributed by atoms with Crippen molar-refractivity contribution in [2.45, 2.75) is 13.5 Å². The second-order valence-electron chi connectivity index (χ2n) is 4.84. The fourth-order valence-corrected chi connectivity index (χ4v) is 2.23. The summed E-state index contributed by atoms with van der Waals surface area (Å²) in [4.78, 5) is 4.35. The van der Waals surface area contributed by atoms with E-state index >= 15 is 0 Å². The highest BCUT2D eigenvalue weighted by Gasteiger charge is 2.02.